The minimum Gasteiger partial charge on any atom is -0.468 e. The summed E-state index contributed by atoms with van der Waals surface area (Å²) in [6.45, 7) is 0.470. The van der Waals surface area contributed by atoms with Gasteiger partial charge in [-0.15, -0.1) is 0 Å². The number of nitrogens with one attached hydrogen (secondary N) is 1. The van der Waals surface area contributed by atoms with Crippen LogP contribution in [0.1, 0.15) is 11.0 Å². The first kappa shape index (κ1) is 11.2. The molecule has 3 heterocycles. The van der Waals surface area contributed by atoms with Crippen molar-refractivity contribution in [2.24, 2.45) is 5.73 Å². The number of aromatic nitrogens is 4. The van der Waals surface area contributed by atoms with Gasteiger partial charge in [0.05, 0.1) is 17.8 Å². The van der Waals surface area contributed by atoms with Gasteiger partial charge in [0.25, 0.3) is 0 Å². The van der Waals surface area contributed by atoms with Crippen molar-refractivity contribution in [3.8, 4) is 0 Å². The van der Waals surface area contributed by atoms with E-state index in [0.717, 1.165) is 16.3 Å². The van der Waals surface area contributed by atoms with E-state index >= 15 is 0 Å². The number of nitrogens with zero attached hydrogens (tertiary/aromatic N) is 3. The fourth-order valence-electron chi connectivity index (χ4n) is 1.66. The Morgan fingerprint density at radius 1 is 1.39 bits per heavy atom. The van der Waals surface area contributed by atoms with Crippen molar-refractivity contribution in [2.45, 2.75) is 10.3 Å². The van der Waals surface area contributed by atoms with Crippen LogP contribution in [0, 0.1) is 0 Å². The first-order chi connectivity index (χ1) is 8.88. The first-order valence-corrected chi connectivity index (χ1v) is 6.30. The molecular formula is C11H11N5OS. The number of aromatic amines is 1. The van der Waals surface area contributed by atoms with Crippen molar-refractivity contribution in [3.63, 3.8) is 0 Å². The Kier molecular flexibility index (Phi) is 2.99. The molecule has 0 aromatic carbocycles. The Labute approximate surface area is 107 Å². The quantitative estimate of drug-likeness (QED) is 0.549. The minimum atomic E-state index is 0.0291. The molecule has 92 valence electrons. The van der Waals surface area contributed by atoms with Gasteiger partial charge >= 0.3 is 0 Å². The summed E-state index contributed by atoms with van der Waals surface area (Å²) in [6.07, 6.45) is 4.75. The Morgan fingerprint density at radius 3 is 3.11 bits per heavy atom. The maximum absolute atomic E-state index is 5.78. The average molecular weight is 261 g/mol. The Bertz CT molecular complexity index is 636. The van der Waals surface area contributed by atoms with Gasteiger partial charge in [0.2, 0.25) is 0 Å². The number of fused-ring (bicyclic) bond motifs is 1. The molecule has 0 saturated carbocycles. The van der Waals surface area contributed by atoms with Gasteiger partial charge in [-0.1, -0.05) is 11.8 Å². The van der Waals surface area contributed by atoms with Gasteiger partial charge in [-0.05, 0) is 12.1 Å². The van der Waals surface area contributed by atoms with E-state index in [-0.39, 0.29) is 5.25 Å². The van der Waals surface area contributed by atoms with E-state index in [1.54, 1.807) is 12.6 Å². The van der Waals surface area contributed by atoms with Crippen molar-refractivity contribution < 1.29 is 4.42 Å². The van der Waals surface area contributed by atoms with Crippen molar-refractivity contribution in [1.29, 1.82) is 0 Å². The van der Waals surface area contributed by atoms with E-state index < -0.39 is 0 Å². The van der Waals surface area contributed by atoms with E-state index in [9.17, 15) is 0 Å². The fraction of sp³-hybridized carbons (Fsp3) is 0.182. The second-order valence-corrected chi connectivity index (χ2v) is 4.83. The average Bonchev–Trinajstić information content (AvgIpc) is 3.06. The van der Waals surface area contributed by atoms with Crippen LogP contribution in [0.4, 0.5) is 0 Å². The molecule has 0 aliphatic carbocycles. The van der Waals surface area contributed by atoms with Gasteiger partial charge in [0.1, 0.15) is 22.6 Å². The third-order valence-electron chi connectivity index (χ3n) is 2.52. The number of imidazole rings is 1. The van der Waals surface area contributed by atoms with Crippen LogP contribution in [-0.2, 0) is 0 Å². The topological polar surface area (TPSA) is 93.6 Å². The summed E-state index contributed by atoms with van der Waals surface area (Å²) in [5, 5.41) is 0.853. The minimum absolute atomic E-state index is 0.0291. The Morgan fingerprint density at radius 2 is 2.33 bits per heavy atom. The maximum Gasteiger partial charge on any atom is 0.181 e. The van der Waals surface area contributed by atoms with E-state index in [2.05, 4.69) is 19.9 Å². The number of hydrogen-bond donors (Lipinski definition) is 2. The van der Waals surface area contributed by atoms with Crippen molar-refractivity contribution in [1.82, 2.24) is 19.9 Å². The Hall–Kier alpha value is -1.86. The van der Waals surface area contributed by atoms with Crippen LogP contribution in [0.25, 0.3) is 11.2 Å². The zero-order valence-electron chi connectivity index (χ0n) is 9.41. The number of thioether (sulfide) groups is 1. The monoisotopic (exact) mass is 261 g/mol. The highest BCUT2D eigenvalue weighted by molar-refractivity contribution is 7.99. The summed E-state index contributed by atoms with van der Waals surface area (Å²) in [5.74, 6) is 0.841. The zero-order valence-corrected chi connectivity index (χ0v) is 10.2. The molecule has 0 fully saturated rings. The van der Waals surface area contributed by atoms with Crippen molar-refractivity contribution >= 4 is 22.9 Å². The first-order valence-electron chi connectivity index (χ1n) is 5.42. The summed E-state index contributed by atoms with van der Waals surface area (Å²) in [5.41, 5.74) is 7.26. The zero-order chi connectivity index (χ0) is 12.4. The van der Waals surface area contributed by atoms with Gasteiger partial charge in [-0.3, -0.25) is 0 Å². The lowest BCUT2D eigenvalue weighted by Gasteiger charge is -2.10. The highest BCUT2D eigenvalue weighted by Gasteiger charge is 2.17. The molecule has 3 N–H and O–H groups in total. The lowest BCUT2D eigenvalue weighted by Crippen LogP contribution is -2.08. The largest absolute Gasteiger partial charge is 0.468 e. The molecule has 18 heavy (non-hydrogen) atoms. The molecule has 1 atom stereocenters. The number of nitrogens with two attached hydrogens (primary N) is 1. The van der Waals surface area contributed by atoms with Crippen LogP contribution in [0.2, 0.25) is 0 Å². The summed E-state index contributed by atoms with van der Waals surface area (Å²) < 4.78 is 5.38. The van der Waals surface area contributed by atoms with Gasteiger partial charge in [0.15, 0.2) is 5.65 Å². The van der Waals surface area contributed by atoms with Crippen molar-refractivity contribution in [2.75, 3.05) is 6.54 Å². The molecule has 3 aromatic rings. The molecule has 0 saturated heterocycles. The van der Waals surface area contributed by atoms with E-state index in [0.29, 0.717) is 12.2 Å². The van der Waals surface area contributed by atoms with Gasteiger partial charge in [-0.25, -0.2) is 15.0 Å². The van der Waals surface area contributed by atoms with E-state index in [4.69, 9.17) is 10.2 Å². The molecule has 1 unspecified atom stereocenters. The molecule has 0 radical (unpaired) electrons. The van der Waals surface area contributed by atoms with Crippen LogP contribution < -0.4 is 5.73 Å². The SMILES string of the molecule is NCC(Sc1ncnc2nc[nH]c12)c1ccco1. The van der Waals surface area contributed by atoms with E-state index in [1.165, 1.54) is 18.1 Å². The third-order valence-corrected chi connectivity index (χ3v) is 3.76. The van der Waals surface area contributed by atoms with Crippen LogP contribution in [0.15, 0.2) is 40.5 Å². The lowest BCUT2D eigenvalue weighted by molar-refractivity contribution is 0.507. The molecule has 0 bridgehead atoms. The predicted molar refractivity (Wildman–Crippen MR) is 68.0 cm³/mol. The normalized spacial score (nSPS) is 12.9. The lowest BCUT2D eigenvalue weighted by atomic mass is 10.3. The summed E-state index contributed by atoms with van der Waals surface area (Å²) in [6, 6.07) is 3.76. The maximum atomic E-state index is 5.78. The summed E-state index contributed by atoms with van der Waals surface area (Å²) in [7, 11) is 0. The molecule has 3 rings (SSSR count). The number of rotatable bonds is 4. The van der Waals surface area contributed by atoms with Crippen LogP contribution in [0.5, 0.6) is 0 Å². The summed E-state index contributed by atoms with van der Waals surface area (Å²) >= 11 is 1.54. The number of furan rings is 1. The number of H-pyrrole nitrogens is 1. The van der Waals surface area contributed by atoms with Crippen LogP contribution >= 0.6 is 11.8 Å². The van der Waals surface area contributed by atoms with Gasteiger partial charge in [-0.2, -0.15) is 0 Å². The molecule has 6 nitrogen and oxygen atoms in total. The molecule has 0 amide bonds. The van der Waals surface area contributed by atoms with Crippen molar-refractivity contribution in [3.05, 3.63) is 36.8 Å². The highest BCUT2D eigenvalue weighted by Crippen LogP contribution is 2.35. The van der Waals surface area contributed by atoms with E-state index in [1.807, 2.05) is 12.1 Å². The standard InChI is InChI=1S/C11H11N5OS/c12-4-8(7-2-1-3-17-7)18-11-9-10(14-5-13-9)15-6-16-11/h1-3,5-6,8H,4,12H2,(H,13,14,15,16). The van der Waals surface area contributed by atoms with Gasteiger partial charge < -0.3 is 15.1 Å². The molecular weight excluding hydrogens is 250 g/mol. The molecule has 3 aromatic heterocycles. The molecule has 0 aliphatic rings. The molecule has 0 aliphatic heterocycles. The Balaban J connectivity index is 1.93. The second-order valence-electron chi connectivity index (χ2n) is 3.64. The number of hydrogen-bond acceptors (Lipinski definition) is 6. The van der Waals surface area contributed by atoms with Crippen LogP contribution in [0.3, 0.4) is 0 Å². The molecule has 0 spiro atoms. The van der Waals surface area contributed by atoms with Gasteiger partial charge in [0, 0.05) is 6.54 Å². The molecule has 7 heteroatoms. The predicted octanol–water partition coefficient (Wildman–Crippen LogP) is 1.74. The second kappa shape index (κ2) is 4.79. The van der Waals surface area contributed by atoms with Crippen LogP contribution in [-0.4, -0.2) is 26.5 Å². The smallest absolute Gasteiger partial charge is 0.181 e. The fourth-order valence-corrected chi connectivity index (χ4v) is 2.66. The third kappa shape index (κ3) is 1.98. The summed E-state index contributed by atoms with van der Waals surface area (Å²) in [4.78, 5) is 15.5. The highest BCUT2D eigenvalue weighted by atomic mass is 32.2.